The van der Waals surface area contributed by atoms with Crippen LogP contribution in [0.5, 0.6) is 0 Å². The van der Waals surface area contributed by atoms with Gasteiger partial charge in [-0.05, 0) is 12.8 Å². The van der Waals surface area contributed by atoms with Crippen LogP contribution in [0.1, 0.15) is 60.3 Å². The summed E-state index contributed by atoms with van der Waals surface area (Å²) in [6, 6.07) is 0. The monoisotopic (exact) mass is 240 g/mol. The Bertz CT molecular complexity index is 177. The molecule has 0 heterocycles. The fourth-order valence-corrected chi connectivity index (χ4v) is 5.86. The molecular weight excluding hydrogens is 211 g/mol. The highest BCUT2D eigenvalue weighted by molar-refractivity contribution is 6.90. The van der Waals surface area contributed by atoms with Crippen molar-refractivity contribution in [3.63, 3.8) is 0 Å². The largest absolute Gasteiger partial charge is 0.366 e. The van der Waals surface area contributed by atoms with Crippen LogP contribution in [0.2, 0.25) is 10.6 Å². The summed E-state index contributed by atoms with van der Waals surface area (Å²) < 4.78 is 0.649. The Morgan fingerprint density at radius 2 is 1.50 bits per heavy atom. The molecule has 0 saturated heterocycles. The Morgan fingerprint density at radius 3 is 1.88 bits per heavy atom. The Morgan fingerprint density at radius 1 is 1.00 bits per heavy atom. The van der Waals surface area contributed by atoms with E-state index in [1.165, 1.54) is 23.4 Å². The van der Waals surface area contributed by atoms with Crippen LogP contribution in [0, 0.1) is 11.8 Å². The molecule has 0 amide bonds. The maximum Gasteiger partial charge on any atom is 0.366 e. The van der Waals surface area contributed by atoms with Crippen molar-refractivity contribution in [1.29, 1.82) is 0 Å². The summed E-state index contributed by atoms with van der Waals surface area (Å²) in [4.78, 5) is 12.2. The average molecular weight is 240 g/mol. The maximum absolute atomic E-state index is 12.2. The molecule has 0 aromatic carbocycles. The molecule has 0 spiro atoms. The Labute approximate surface area is 106 Å². The second-order valence-corrected chi connectivity index (χ2v) is 8.86. The van der Waals surface area contributed by atoms with E-state index >= 15 is 0 Å². The number of carbonyl (C=O) groups excluding carboxylic acids is 1. The normalized spacial score (nSPS) is 11.2. The molecule has 0 aliphatic heterocycles. The predicted octanol–water partition coefficient (Wildman–Crippen LogP) is 4.48. The Hall–Kier alpha value is 0.202. The van der Waals surface area contributed by atoms with E-state index in [2.05, 4.69) is 34.6 Å². The Kier molecular flexibility index (Phi) is 9.37. The fraction of sp³-hybridized carbons (Fsp3) is 0.929. The van der Waals surface area contributed by atoms with Crippen LogP contribution in [0.4, 0.5) is 0 Å². The summed E-state index contributed by atoms with van der Waals surface area (Å²) >= 11 is -1.13. The lowest BCUT2D eigenvalue weighted by molar-refractivity contribution is -0.112. The van der Waals surface area contributed by atoms with Gasteiger partial charge in [0.05, 0.1) is 4.65 Å². The van der Waals surface area contributed by atoms with Gasteiger partial charge < -0.3 is 4.79 Å². The van der Waals surface area contributed by atoms with Crippen molar-refractivity contribution in [3.05, 3.63) is 0 Å². The molecule has 0 unspecified atom stereocenters. The molecule has 0 bridgehead atoms. The van der Waals surface area contributed by atoms with E-state index in [0.717, 1.165) is 12.8 Å². The van der Waals surface area contributed by atoms with Gasteiger partial charge in [0.15, 0.2) is 0 Å². The predicted molar refractivity (Wildman–Crippen MR) is 74.2 cm³/mol. The van der Waals surface area contributed by atoms with Gasteiger partial charge >= 0.3 is 14.1 Å². The lowest BCUT2D eigenvalue weighted by atomic mass is 10.2. The molecule has 0 rings (SSSR count). The van der Waals surface area contributed by atoms with E-state index < -0.39 is 14.1 Å². The zero-order valence-corrected chi connectivity index (χ0v) is 13.0. The van der Waals surface area contributed by atoms with E-state index in [4.69, 9.17) is 0 Å². The molecule has 2 heteroatoms. The van der Waals surface area contributed by atoms with Gasteiger partial charge in [-0.15, -0.1) is 0 Å². The van der Waals surface area contributed by atoms with Gasteiger partial charge in [0, 0.05) is 0 Å². The zero-order chi connectivity index (χ0) is 12.6. The Balaban J connectivity index is 4.10. The molecule has 1 nitrogen and oxygen atoms in total. The minimum absolute atomic E-state index is 0.649. The number of hydrogen-bond donors (Lipinski definition) is 0. The summed E-state index contributed by atoms with van der Waals surface area (Å²) in [7, 11) is 0. The van der Waals surface area contributed by atoms with Crippen LogP contribution in [0.3, 0.4) is 0 Å². The van der Waals surface area contributed by atoms with Crippen LogP contribution in [-0.4, -0.2) is 18.8 Å². The minimum Gasteiger partial charge on any atom is -0.321 e. The third kappa shape index (κ3) is 8.37. The summed E-state index contributed by atoms with van der Waals surface area (Å²) in [6.45, 7) is 11.2. The van der Waals surface area contributed by atoms with Crippen LogP contribution < -0.4 is 0 Å². The first-order valence-electron chi connectivity index (χ1n) is 7.00. The summed E-state index contributed by atoms with van der Waals surface area (Å²) in [5, 5.41) is 2.42. The smallest absolute Gasteiger partial charge is 0.321 e. The molecule has 0 radical (unpaired) electrons. The quantitative estimate of drug-likeness (QED) is 0.429. The van der Waals surface area contributed by atoms with Gasteiger partial charge in [-0.1, -0.05) is 69.9 Å². The molecule has 0 aromatic heterocycles. The van der Waals surface area contributed by atoms with E-state index in [0.29, 0.717) is 16.5 Å². The second-order valence-electron chi connectivity index (χ2n) is 5.88. The highest BCUT2D eigenvalue weighted by atomic mass is 27.2. The molecule has 0 N–H and O–H groups in total. The lowest BCUT2D eigenvalue weighted by Crippen LogP contribution is -2.28. The van der Waals surface area contributed by atoms with E-state index in [1.807, 2.05) is 0 Å². The first kappa shape index (κ1) is 16.2. The first-order valence-corrected chi connectivity index (χ1v) is 9.21. The third-order valence-corrected chi connectivity index (χ3v) is 7.22. The van der Waals surface area contributed by atoms with E-state index in [9.17, 15) is 4.79 Å². The van der Waals surface area contributed by atoms with Gasteiger partial charge in [0.25, 0.3) is 0 Å². The van der Waals surface area contributed by atoms with E-state index in [1.54, 1.807) is 0 Å². The lowest BCUT2D eigenvalue weighted by Gasteiger charge is -2.15. The topological polar surface area (TPSA) is 17.1 Å². The van der Waals surface area contributed by atoms with Crippen molar-refractivity contribution in [2.24, 2.45) is 11.8 Å². The van der Waals surface area contributed by atoms with Gasteiger partial charge in [-0.2, -0.15) is 0 Å². The zero-order valence-electron chi connectivity index (χ0n) is 11.9. The molecular formula is C14H29AlO. The van der Waals surface area contributed by atoms with Gasteiger partial charge in [-0.25, -0.2) is 0 Å². The summed E-state index contributed by atoms with van der Waals surface area (Å²) in [5.41, 5.74) is 0. The minimum atomic E-state index is -1.13. The standard InChI is InChI=1S/C6H11O.2C4H9.Al/c1-2-3-4-5-6-7;2*1-4(2)3;/h2-5H2,1H3;2*4H,1H2,2-3H3;. The molecule has 0 aliphatic carbocycles. The number of unbranched alkanes of at least 4 members (excludes halogenated alkanes) is 2. The first-order chi connectivity index (χ1) is 7.47. The van der Waals surface area contributed by atoms with Crippen molar-refractivity contribution >= 4 is 18.8 Å². The van der Waals surface area contributed by atoms with Crippen LogP contribution in [-0.2, 0) is 4.79 Å². The van der Waals surface area contributed by atoms with Crippen LogP contribution in [0.15, 0.2) is 0 Å². The molecule has 94 valence electrons. The van der Waals surface area contributed by atoms with Gasteiger partial charge in [0.2, 0.25) is 0 Å². The summed E-state index contributed by atoms with van der Waals surface area (Å²) in [6.07, 6.45) is 4.42. The second kappa shape index (κ2) is 9.26. The van der Waals surface area contributed by atoms with E-state index in [-0.39, 0.29) is 0 Å². The SMILES string of the molecule is CCCCC[C](=O)[Al]([CH2]C(C)C)[CH2]C(C)C. The van der Waals surface area contributed by atoms with Crippen molar-refractivity contribution in [1.82, 2.24) is 0 Å². The van der Waals surface area contributed by atoms with Crippen LogP contribution >= 0.6 is 0 Å². The average Bonchev–Trinajstić information content (AvgIpc) is 2.15. The van der Waals surface area contributed by atoms with Crippen molar-refractivity contribution < 1.29 is 4.79 Å². The molecule has 0 aliphatic rings. The highest BCUT2D eigenvalue weighted by Gasteiger charge is 2.27. The molecule has 0 atom stereocenters. The summed E-state index contributed by atoms with van der Waals surface area (Å²) in [5.74, 6) is 1.40. The van der Waals surface area contributed by atoms with Crippen LogP contribution in [0.25, 0.3) is 0 Å². The molecule has 0 fully saturated rings. The molecule has 0 aromatic rings. The van der Waals surface area contributed by atoms with Crippen molar-refractivity contribution in [2.45, 2.75) is 70.9 Å². The van der Waals surface area contributed by atoms with Gasteiger partial charge in [-0.3, -0.25) is 0 Å². The number of rotatable bonds is 9. The highest BCUT2D eigenvalue weighted by Crippen LogP contribution is 2.17. The maximum atomic E-state index is 12.2. The van der Waals surface area contributed by atoms with Gasteiger partial charge in [0.1, 0.15) is 0 Å². The van der Waals surface area contributed by atoms with Crippen molar-refractivity contribution in [3.8, 4) is 0 Å². The number of hydrogen-bond acceptors (Lipinski definition) is 1. The number of carbonyl (C=O) groups is 1. The fourth-order valence-electron chi connectivity index (χ4n) is 2.25. The molecule has 0 saturated carbocycles. The third-order valence-electron chi connectivity index (χ3n) is 2.99. The molecule has 16 heavy (non-hydrogen) atoms. The van der Waals surface area contributed by atoms with Crippen molar-refractivity contribution in [2.75, 3.05) is 0 Å².